The molecule has 2 rings (SSSR count). The monoisotopic (exact) mass is 253 g/mol. The van der Waals surface area contributed by atoms with E-state index in [1.54, 1.807) is 0 Å². The summed E-state index contributed by atoms with van der Waals surface area (Å²) in [6.07, 6.45) is 8.70. The second kappa shape index (κ2) is 5.91. The van der Waals surface area contributed by atoms with Gasteiger partial charge in [-0.3, -0.25) is 0 Å². The first-order chi connectivity index (χ1) is 8.63. The lowest BCUT2D eigenvalue weighted by Gasteiger charge is -2.27. The van der Waals surface area contributed by atoms with Crippen molar-refractivity contribution in [3.05, 3.63) is 0 Å². The molecular weight excluding hydrogens is 226 g/mol. The summed E-state index contributed by atoms with van der Waals surface area (Å²) < 4.78 is 0. The molecule has 0 saturated heterocycles. The van der Waals surface area contributed by atoms with E-state index in [-0.39, 0.29) is 5.41 Å². The van der Waals surface area contributed by atoms with Gasteiger partial charge >= 0.3 is 0 Å². The summed E-state index contributed by atoms with van der Waals surface area (Å²) in [5.74, 6) is 2.13. The van der Waals surface area contributed by atoms with Crippen molar-refractivity contribution < 1.29 is 5.21 Å². The van der Waals surface area contributed by atoms with E-state index in [4.69, 9.17) is 10.9 Å². The molecule has 0 aliphatic heterocycles. The predicted octanol–water partition coefficient (Wildman–Crippen LogP) is 2.32. The average Bonchev–Trinajstić information content (AvgIpc) is 3.09. The van der Waals surface area contributed by atoms with Crippen LogP contribution in [0, 0.1) is 17.3 Å². The quantitative estimate of drug-likeness (QED) is 0.294. The highest BCUT2D eigenvalue weighted by molar-refractivity contribution is 5.80. The highest BCUT2D eigenvalue weighted by Crippen LogP contribution is 2.48. The fourth-order valence-electron chi connectivity index (χ4n) is 3.30. The van der Waals surface area contributed by atoms with Gasteiger partial charge in [-0.2, -0.15) is 0 Å². The first-order valence-corrected chi connectivity index (χ1v) is 7.31. The highest BCUT2D eigenvalue weighted by Gasteiger charge is 2.42. The molecule has 104 valence electrons. The maximum atomic E-state index is 8.63. The molecule has 4 N–H and O–H groups in total. The van der Waals surface area contributed by atoms with Gasteiger partial charge in [0.2, 0.25) is 0 Å². The van der Waals surface area contributed by atoms with Crippen LogP contribution in [0.5, 0.6) is 0 Å². The van der Waals surface area contributed by atoms with Gasteiger partial charge in [0.05, 0.1) is 0 Å². The van der Waals surface area contributed by atoms with Crippen LogP contribution < -0.4 is 11.1 Å². The van der Waals surface area contributed by atoms with Crippen LogP contribution >= 0.6 is 0 Å². The maximum absolute atomic E-state index is 8.63. The van der Waals surface area contributed by atoms with E-state index in [1.165, 1.54) is 38.5 Å². The Morgan fingerprint density at radius 1 is 1.44 bits per heavy atom. The highest BCUT2D eigenvalue weighted by atomic mass is 16.4. The van der Waals surface area contributed by atoms with Crippen molar-refractivity contribution in [3.8, 4) is 0 Å². The number of hydrogen-bond donors (Lipinski definition) is 3. The molecule has 0 amide bonds. The second-order valence-electron chi connectivity index (χ2n) is 6.54. The van der Waals surface area contributed by atoms with Crippen molar-refractivity contribution in [1.82, 2.24) is 5.32 Å². The van der Waals surface area contributed by atoms with E-state index in [1.807, 2.05) is 0 Å². The van der Waals surface area contributed by atoms with Gasteiger partial charge in [0.1, 0.15) is 5.84 Å². The largest absolute Gasteiger partial charge is 0.409 e. The van der Waals surface area contributed by atoms with E-state index >= 15 is 0 Å². The summed E-state index contributed by atoms with van der Waals surface area (Å²) in [4.78, 5) is 0. The summed E-state index contributed by atoms with van der Waals surface area (Å²) in [6, 6.07) is 0. The fourth-order valence-corrected chi connectivity index (χ4v) is 3.30. The summed E-state index contributed by atoms with van der Waals surface area (Å²) in [5, 5.41) is 15.3. The Morgan fingerprint density at radius 2 is 2.22 bits per heavy atom. The summed E-state index contributed by atoms with van der Waals surface area (Å²) in [6.45, 7) is 4.53. The molecule has 2 saturated carbocycles. The fraction of sp³-hybridized carbons (Fsp3) is 0.929. The minimum Gasteiger partial charge on any atom is -0.409 e. The third-order valence-electron chi connectivity index (χ3n) is 4.62. The van der Waals surface area contributed by atoms with Crippen LogP contribution in [0.25, 0.3) is 0 Å². The van der Waals surface area contributed by atoms with Crippen molar-refractivity contribution >= 4 is 5.84 Å². The number of amidine groups is 1. The summed E-state index contributed by atoms with van der Waals surface area (Å²) in [5.41, 5.74) is 5.89. The van der Waals surface area contributed by atoms with Crippen molar-refractivity contribution in [1.29, 1.82) is 0 Å². The number of nitrogens with one attached hydrogen (secondary N) is 1. The lowest BCUT2D eigenvalue weighted by Crippen LogP contribution is -2.33. The first kappa shape index (κ1) is 13.7. The molecule has 2 atom stereocenters. The van der Waals surface area contributed by atoms with Crippen LogP contribution in [-0.4, -0.2) is 24.1 Å². The Labute approximate surface area is 110 Å². The van der Waals surface area contributed by atoms with E-state index < -0.39 is 0 Å². The molecule has 4 heteroatoms. The van der Waals surface area contributed by atoms with Gasteiger partial charge in [0.25, 0.3) is 0 Å². The molecule has 0 spiro atoms. The first-order valence-electron chi connectivity index (χ1n) is 7.31. The van der Waals surface area contributed by atoms with Gasteiger partial charge in [-0.15, -0.1) is 0 Å². The van der Waals surface area contributed by atoms with Crippen LogP contribution in [0.3, 0.4) is 0 Å². The van der Waals surface area contributed by atoms with Crippen LogP contribution in [0.15, 0.2) is 5.16 Å². The SMILES string of the molecule is CC1CCCC(CNCC2(CC(N)=NO)CC2)C1. The van der Waals surface area contributed by atoms with Crippen molar-refractivity contribution in [2.24, 2.45) is 28.1 Å². The number of oxime groups is 1. The molecule has 0 aromatic heterocycles. The minimum atomic E-state index is 0.288. The third-order valence-corrected chi connectivity index (χ3v) is 4.62. The second-order valence-corrected chi connectivity index (χ2v) is 6.54. The van der Waals surface area contributed by atoms with E-state index in [9.17, 15) is 0 Å². The minimum absolute atomic E-state index is 0.288. The topological polar surface area (TPSA) is 70.6 Å². The zero-order valence-corrected chi connectivity index (χ0v) is 11.5. The Hall–Kier alpha value is -0.770. The Morgan fingerprint density at radius 3 is 2.83 bits per heavy atom. The van der Waals surface area contributed by atoms with Crippen LogP contribution in [-0.2, 0) is 0 Å². The molecule has 2 fully saturated rings. The van der Waals surface area contributed by atoms with Crippen LogP contribution in [0.4, 0.5) is 0 Å². The molecule has 2 aliphatic carbocycles. The van der Waals surface area contributed by atoms with Gasteiger partial charge in [0.15, 0.2) is 0 Å². The molecule has 4 nitrogen and oxygen atoms in total. The molecule has 0 radical (unpaired) electrons. The van der Waals surface area contributed by atoms with Gasteiger partial charge in [-0.05, 0) is 49.5 Å². The Bertz CT molecular complexity index is 299. The zero-order valence-electron chi connectivity index (χ0n) is 11.5. The van der Waals surface area contributed by atoms with E-state index in [2.05, 4.69) is 17.4 Å². The normalized spacial score (nSPS) is 31.3. The lowest BCUT2D eigenvalue weighted by molar-refractivity contribution is 0.268. The Kier molecular flexibility index (Phi) is 4.49. The van der Waals surface area contributed by atoms with Crippen molar-refractivity contribution in [3.63, 3.8) is 0 Å². The van der Waals surface area contributed by atoms with Crippen molar-refractivity contribution in [2.45, 2.75) is 51.9 Å². The molecule has 0 bridgehead atoms. The summed E-state index contributed by atoms with van der Waals surface area (Å²) >= 11 is 0. The smallest absolute Gasteiger partial charge is 0.139 e. The van der Waals surface area contributed by atoms with Crippen LogP contribution in [0.1, 0.15) is 51.9 Å². The Balaban J connectivity index is 1.66. The van der Waals surface area contributed by atoms with Gasteiger partial charge in [-0.25, -0.2) is 0 Å². The van der Waals surface area contributed by atoms with Gasteiger partial charge in [-0.1, -0.05) is 24.9 Å². The number of rotatable bonds is 6. The molecule has 2 unspecified atom stereocenters. The molecule has 18 heavy (non-hydrogen) atoms. The third kappa shape index (κ3) is 3.87. The van der Waals surface area contributed by atoms with Crippen LogP contribution in [0.2, 0.25) is 0 Å². The number of nitrogens with two attached hydrogens (primary N) is 1. The predicted molar refractivity (Wildman–Crippen MR) is 73.7 cm³/mol. The van der Waals surface area contributed by atoms with E-state index in [0.29, 0.717) is 5.84 Å². The summed E-state index contributed by atoms with van der Waals surface area (Å²) in [7, 11) is 0. The standard InChI is InChI=1S/C14H27N3O/c1-11-3-2-4-12(7-11)9-16-10-14(5-6-14)8-13(15)17-18/h11-12,16,18H,2-10H2,1H3,(H2,15,17). The molecule has 0 aromatic rings. The molecule has 0 heterocycles. The molecule has 2 aliphatic rings. The maximum Gasteiger partial charge on any atom is 0.139 e. The zero-order chi connectivity index (χ0) is 13.0. The van der Waals surface area contributed by atoms with Gasteiger partial charge < -0.3 is 16.3 Å². The number of nitrogens with zero attached hydrogens (tertiary/aromatic N) is 1. The van der Waals surface area contributed by atoms with Gasteiger partial charge in [0, 0.05) is 13.0 Å². The average molecular weight is 253 g/mol. The lowest BCUT2D eigenvalue weighted by atomic mass is 9.82. The number of hydrogen-bond acceptors (Lipinski definition) is 3. The van der Waals surface area contributed by atoms with Crippen molar-refractivity contribution in [2.75, 3.05) is 13.1 Å². The molecule has 0 aromatic carbocycles. The molecular formula is C14H27N3O. The van der Waals surface area contributed by atoms with E-state index in [0.717, 1.165) is 31.3 Å².